The third-order valence-corrected chi connectivity index (χ3v) is 20.3. The summed E-state index contributed by atoms with van der Waals surface area (Å²) >= 11 is 0. The molecule has 10 bridgehead atoms. The molecule has 12 aromatic rings. The maximum Gasteiger partial charge on any atom is 0.166 e. The monoisotopic (exact) mass is 989 g/mol. The molecule has 7 aliphatic carbocycles. The van der Waals surface area contributed by atoms with Crippen LogP contribution in [-0.4, -0.2) is 14.6 Å². The van der Waals surface area contributed by atoms with Gasteiger partial charge in [0, 0.05) is 66.4 Å². The minimum absolute atomic E-state index is 0.0109. The summed E-state index contributed by atoms with van der Waals surface area (Å²) in [6, 6.07) is 50.0. The van der Waals surface area contributed by atoms with Crippen LogP contribution in [0.25, 0.3) is 81.8 Å². The summed E-state index contributed by atoms with van der Waals surface area (Å²) in [7, 11) is 0. The molecule has 0 N–H and O–H groups in total. The third kappa shape index (κ3) is 5.69. The number of nitrogens with zero attached hydrogens (tertiary/aromatic N) is 3. The lowest BCUT2D eigenvalue weighted by molar-refractivity contribution is 0.0898. The van der Waals surface area contributed by atoms with E-state index in [1.807, 2.05) is 0 Å². The van der Waals surface area contributed by atoms with Crippen LogP contribution in [0.3, 0.4) is 0 Å². The zero-order valence-electron chi connectivity index (χ0n) is 43.4. The molecule has 1 saturated carbocycles. The summed E-state index contributed by atoms with van der Waals surface area (Å²) < 4.78 is 5.26. The minimum atomic E-state index is 0.0109. The second kappa shape index (κ2) is 15.5. The zero-order valence-corrected chi connectivity index (χ0v) is 43.4. The number of benzene rings is 8. The molecule has 2 atom stereocenters. The molecule has 0 radical (unpaired) electrons. The molecule has 7 aliphatic rings. The van der Waals surface area contributed by atoms with Crippen molar-refractivity contribution in [2.24, 2.45) is 11.8 Å². The van der Waals surface area contributed by atoms with Crippen molar-refractivity contribution in [1.29, 1.82) is 5.26 Å². The Hall–Kier alpha value is -8.26. The van der Waals surface area contributed by atoms with E-state index in [0.29, 0.717) is 11.7 Å². The molecule has 0 spiro atoms. The van der Waals surface area contributed by atoms with Gasteiger partial charge in [-0.1, -0.05) is 121 Å². The number of hydrogen-bond donors (Lipinski definition) is 0. The van der Waals surface area contributed by atoms with Gasteiger partial charge in [-0.25, -0.2) is 0 Å². The molecule has 4 aromatic heterocycles. The second-order valence-electron chi connectivity index (χ2n) is 24.2. The smallest absolute Gasteiger partial charge is 0.166 e. The van der Waals surface area contributed by atoms with Crippen molar-refractivity contribution in [3.05, 3.63) is 229 Å². The van der Waals surface area contributed by atoms with E-state index in [0.717, 1.165) is 93.7 Å². The Bertz CT molecular complexity index is 4800. The number of nitriles is 1. The molecule has 0 saturated heterocycles. The maximum atomic E-state index is 14.7. The number of carbonyl (C=O) groups is 1. The van der Waals surface area contributed by atoms with E-state index in [4.69, 9.17) is 0 Å². The normalized spacial score (nSPS) is 20.8. The quantitative estimate of drug-likeness (QED) is 0.165. The number of aromatic nitrogens is 2. The van der Waals surface area contributed by atoms with Crippen LogP contribution in [0.5, 0.6) is 0 Å². The molecule has 368 valence electrons. The number of Topliss-reactive ketones (excluding diaryl/α,β-unsaturated/α-hetero) is 1. The lowest BCUT2D eigenvalue weighted by atomic mass is 9.80. The van der Waals surface area contributed by atoms with Crippen LogP contribution in [0.4, 0.5) is 0 Å². The Kier molecular flexibility index (Phi) is 8.61. The lowest BCUT2D eigenvalue weighted by Gasteiger charge is -2.23. The van der Waals surface area contributed by atoms with Gasteiger partial charge >= 0.3 is 0 Å². The van der Waals surface area contributed by atoms with Crippen LogP contribution in [0.1, 0.15) is 127 Å². The molecule has 0 aliphatic heterocycles. The number of ketones is 1. The van der Waals surface area contributed by atoms with Crippen LogP contribution in [0, 0.1) is 23.2 Å². The van der Waals surface area contributed by atoms with Gasteiger partial charge < -0.3 is 8.80 Å². The Balaban J connectivity index is 1.01. The van der Waals surface area contributed by atoms with Crippen molar-refractivity contribution in [3.63, 3.8) is 0 Å². The van der Waals surface area contributed by atoms with E-state index in [1.54, 1.807) is 0 Å². The summed E-state index contributed by atoms with van der Waals surface area (Å²) in [5.74, 6) is 1.04. The van der Waals surface area contributed by atoms with Gasteiger partial charge in [-0.15, -0.1) is 0 Å². The van der Waals surface area contributed by atoms with Gasteiger partial charge in [-0.3, -0.25) is 4.79 Å². The number of allylic oxidation sites excluding steroid dienone is 6. The van der Waals surface area contributed by atoms with Crippen LogP contribution < -0.4 is 0 Å². The SMILES string of the molecule is CC1=CC=CC=C2c3c(c(C#N)cc4c3c3c5cc(c6c7cc8c(cc7n4c63)c3c4cc(c6c7cc9c(cc7n8c63)C(=O)C3CCC9CC3)CCc3cccc(c3)CC4)CCc3cccc(c3)CC5)C(c3ccccc3)C12. The van der Waals surface area contributed by atoms with Crippen molar-refractivity contribution >= 4 is 87.5 Å². The highest BCUT2D eigenvalue weighted by Crippen LogP contribution is 2.59. The fraction of sp³-hybridized carbons (Fsp3) is 0.233. The minimum Gasteiger partial charge on any atom is -0.308 e. The number of rotatable bonds is 1. The Morgan fingerprint density at radius 3 is 1.64 bits per heavy atom. The molecular formula is C73H55N3O. The van der Waals surface area contributed by atoms with Crippen molar-refractivity contribution < 1.29 is 4.79 Å². The van der Waals surface area contributed by atoms with E-state index in [9.17, 15) is 10.1 Å². The average Bonchev–Trinajstić information content (AvgIpc) is 3.18. The predicted molar refractivity (Wildman–Crippen MR) is 315 cm³/mol. The fourth-order valence-electron chi connectivity index (χ4n) is 17.0. The van der Waals surface area contributed by atoms with Gasteiger partial charge in [0.25, 0.3) is 0 Å². The number of hydrogen-bond acceptors (Lipinski definition) is 2. The molecular weight excluding hydrogens is 935 g/mol. The second-order valence-corrected chi connectivity index (χ2v) is 24.2. The van der Waals surface area contributed by atoms with Crippen LogP contribution in [-0.2, 0) is 51.4 Å². The van der Waals surface area contributed by atoms with E-state index in [-0.39, 0.29) is 17.8 Å². The van der Waals surface area contributed by atoms with Crippen molar-refractivity contribution in [2.45, 2.75) is 95.8 Å². The maximum absolute atomic E-state index is 14.7. The van der Waals surface area contributed by atoms with Crippen molar-refractivity contribution in [2.75, 3.05) is 0 Å². The summed E-state index contributed by atoms with van der Waals surface area (Å²) in [4.78, 5) is 14.7. The first-order chi connectivity index (χ1) is 38.0. The largest absolute Gasteiger partial charge is 0.308 e. The topological polar surface area (TPSA) is 49.7 Å². The van der Waals surface area contributed by atoms with Crippen LogP contribution in [0.2, 0.25) is 0 Å². The predicted octanol–water partition coefficient (Wildman–Crippen LogP) is 16.8. The number of carbonyl (C=O) groups excluding carboxylic acids is 1. The van der Waals surface area contributed by atoms with Gasteiger partial charge in [0.2, 0.25) is 0 Å². The molecule has 0 amide bonds. The van der Waals surface area contributed by atoms with E-state index in [1.165, 1.54) is 149 Å². The Morgan fingerprint density at radius 1 is 0.494 bits per heavy atom. The van der Waals surface area contributed by atoms with Gasteiger partial charge in [0.05, 0.1) is 44.7 Å². The number of fused-ring (bicyclic) bond motifs is 30. The molecule has 4 heteroatoms. The molecule has 8 aromatic carbocycles. The van der Waals surface area contributed by atoms with Crippen LogP contribution >= 0.6 is 0 Å². The molecule has 4 nitrogen and oxygen atoms in total. The summed E-state index contributed by atoms with van der Waals surface area (Å²) in [6.07, 6.45) is 21.0. The molecule has 2 unspecified atom stereocenters. The fourth-order valence-corrected chi connectivity index (χ4v) is 17.0. The van der Waals surface area contributed by atoms with Crippen molar-refractivity contribution in [1.82, 2.24) is 8.80 Å². The highest BCUT2D eigenvalue weighted by molar-refractivity contribution is 6.32. The molecule has 1 fully saturated rings. The zero-order chi connectivity index (χ0) is 50.5. The first-order valence-corrected chi connectivity index (χ1v) is 28.7. The Labute approximate surface area is 446 Å². The van der Waals surface area contributed by atoms with Gasteiger partial charge in [0.15, 0.2) is 5.78 Å². The van der Waals surface area contributed by atoms with E-state index in [2.05, 4.69) is 167 Å². The van der Waals surface area contributed by atoms with E-state index >= 15 is 0 Å². The van der Waals surface area contributed by atoms with Gasteiger partial charge in [0.1, 0.15) is 0 Å². The van der Waals surface area contributed by atoms with Crippen LogP contribution in [0.15, 0.2) is 151 Å². The standard InChI is InChI=1S/C73H55N3O/c1-39-9-5-6-16-52-62(39)66(45-14-3-2-4-15-45)67-51(38-74)33-61-70(69(52)67)68-50-24-20-43-13-8-12-42(30-43)19-23-49(32-50)65-57-36-59-56(37-60(57)76(61)72(65)68)64-48-22-18-41-11-7-10-40(29-41)17-21-47(31-48)63-55-34-53-44-25-27-46(28-26-44)73(77)54(53)35-58(55)75(59)71(63)64/h2-16,29-37,44,46,62,66H,17-28H2,1H3. The van der Waals surface area contributed by atoms with Gasteiger partial charge in [-0.2, -0.15) is 5.26 Å². The number of aryl methyl sites for hydroxylation is 8. The molecule has 19 rings (SSSR count). The van der Waals surface area contributed by atoms with Crippen molar-refractivity contribution in [3.8, 4) is 6.07 Å². The summed E-state index contributed by atoms with van der Waals surface area (Å²) in [5, 5.41) is 22.2. The molecule has 77 heavy (non-hydrogen) atoms. The first kappa shape index (κ1) is 42.9. The highest BCUT2D eigenvalue weighted by atomic mass is 16.1. The third-order valence-electron chi connectivity index (χ3n) is 20.3. The summed E-state index contributed by atoms with van der Waals surface area (Å²) in [5.41, 5.74) is 28.0. The summed E-state index contributed by atoms with van der Waals surface area (Å²) in [6.45, 7) is 2.29. The lowest BCUT2D eigenvalue weighted by Crippen LogP contribution is -2.15. The van der Waals surface area contributed by atoms with E-state index < -0.39 is 0 Å². The average molecular weight is 990 g/mol. The molecule has 4 heterocycles. The van der Waals surface area contributed by atoms with Gasteiger partial charge in [-0.05, 0) is 193 Å². The highest BCUT2D eigenvalue weighted by Gasteiger charge is 2.43. The first-order valence-electron chi connectivity index (χ1n) is 28.7. The Morgan fingerprint density at radius 2 is 1.03 bits per heavy atom.